The highest BCUT2D eigenvalue weighted by atomic mass is 19.4. The van der Waals surface area contributed by atoms with Gasteiger partial charge in [0.15, 0.2) is 0 Å². The molecular formula is C10H8F12. The van der Waals surface area contributed by atoms with E-state index in [2.05, 4.69) is 13.8 Å². The fourth-order valence-electron chi connectivity index (χ4n) is 1.17. The van der Waals surface area contributed by atoms with Crippen molar-refractivity contribution in [1.82, 2.24) is 0 Å². The summed E-state index contributed by atoms with van der Waals surface area (Å²) in [7, 11) is 0. The third-order valence-electron chi connectivity index (χ3n) is 2.73. The van der Waals surface area contributed by atoms with Crippen LogP contribution in [0.2, 0.25) is 0 Å². The van der Waals surface area contributed by atoms with Gasteiger partial charge in [0.05, 0.1) is 0 Å². The summed E-state index contributed by atoms with van der Waals surface area (Å²) in [4.78, 5) is 0. The maximum atomic E-state index is 13.0. The molecule has 0 saturated heterocycles. The molecule has 0 amide bonds. The minimum absolute atomic E-state index is 2.09. The topological polar surface area (TPSA) is 0 Å². The zero-order chi connectivity index (χ0) is 18.4. The summed E-state index contributed by atoms with van der Waals surface area (Å²) in [5.41, 5.74) is 0. The lowest BCUT2D eigenvalue weighted by atomic mass is 9.90. The van der Waals surface area contributed by atoms with E-state index in [0.29, 0.717) is 0 Å². The van der Waals surface area contributed by atoms with Crippen LogP contribution >= 0.6 is 0 Å². The van der Waals surface area contributed by atoms with Crippen LogP contribution in [0.5, 0.6) is 0 Å². The molecule has 0 unspecified atom stereocenters. The van der Waals surface area contributed by atoms with Crippen LogP contribution in [0.15, 0.2) is 0 Å². The molecule has 0 atom stereocenters. The van der Waals surface area contributed by atoms with Crippen LogP contribution in [-0.4, -0.2) is 35.5 Å². The normalized spacial score (nSPS) is 16.1. The van der Waals surface area contributed by atoms with Crippen molar-refractivity contribution in [3.63, 3.8) is 0 Å². The summed E-state index contributed by atoms with van der Waals surface area (Å²) >= 11 is 0. The highest BCUT2D eigenvalue weighted by Gasteiger charge is 2.89. The Hall–Kier alpha value is -0.840. The first kappa shape index (κ1) is 21.2. The van der Waals surface area contributed by atoms with Crippen molar-refractivity contribution in [3.05, 3.63) is 13.8 Å². The number of halogens is 12. The fraction of sp³-hybridized carbons (Fsp3) is 0.800. The van der Waals surface area contributed by atoms with Crippen LogP contribution in [0.1, 0.15) is 12.8 Å². The van der Waals surface area contributed by atoms with E-state index >= 15 is 0 Å². The Balaban J connectivity index is 6.19. The second-order valence-electron chi connectivity index (χ2n) is 4.21. The van der Waals surface area contributed by atoms with Gasteiger partial charge in [0.2, 0.25) is 0 Å². The van der Waals surface area contributed by atoms with E-state index in [4.69, 9.17) is 0 Å². The largest absolute Gasteiger partial charge is 0.384 e. The minimum Gasteiger partial charge on any atom is -0.200 e. The molecule has 0 aromatic heterocycles. The first-order chi connectivity index (χ1) is 9.37. The molecule has 0 aromatic rings. The van der Waals surface area contributed by atoms with Crippen molar-refractivity contribution in [1.29, 1.82) is 0 Å². The van der Waals surface area contributed by atoms with Crippen LogP contribution in [0.25, 0.3) is 0 Å². The van der Waals surface area contributed by atoms with E-state index in [9.17, 15) is 52.7 Å². The number of hydrogen-bond acceptors (Lipinski definition) is 0. The van der Waals surface area contributed by atoms with Gasteiger partial charge in [-0.25, -0.2) is 0 Å². The highest BCUT2D eigenvalue weighted by molar-refractivity contribution is 5.11. The Morgan fingerprint density at radius 3 is 0.727 bits per heavy atom. The summed E-state index contributed by atoms with van der Waals surface area (Å²) in [6.07, 6.45) is -4.74. The van der Waals surface area contributed by atoms with E-state index < -0.39 is 48.4 Å². The van der Waals surface area contributed by atoms with Gasteiger partial charge in [-0.2, -0.15) is 52.7 Å². The molecule has 0 aliphatic rings. The minimum atomic E-state index is -7.50. The van der Waals surface area contributed by atoms with Gasteiger partial charge >= 0.3 is 35.5 Å². The monoisotopic (exact) mass is 356 g/mol. The zero-order valence-electron chi connectivity index (χ0n) is 10.4. The van der Waals surface area contributed by atoms with Gasteiger partial charge in [-0.05, 0) is 13.8 Å². The number of alkyl halides is 12. The van der Waals surface area contributed by atoms with Crippen LogP contribution in [0.4, 0.5) is 52.7 Å². The van der Waals surface area contributed by atoms with Crippen LogP contribution in [0.3, 0.4) is 0 Å². The lowest BCUT2D eigenvalue weighted by molar-refractivity contribution is -0.424. The van der Waals surface area contributed by atoms with E-state index in [1.54, 1.807) is 0 Å². The molecule has 0 aromatic carbocycles. The summed E-state index contributed by atoms with van der Waals surface area (Å²) in [5.74, 6) is -41.0. The predicted molar refractivity (Wildman–Crippen MR) is 49.6 cm³/mol. The Bertz CT molecular complexity index is 359. The summed E-state index contributed by atoms with van der Waals surface area (Å²) < 4.78 is 154. The van der Waals surface area contributed by atoms with Crippen molar-refractivity contribution in [2.45, 2.75) is 48.4 Å². The van der Waals surface area contributed by atoms with Gasteiger partial charge in [0.25, 0.3) is 0 Å². The lowest BCUT2D eigenvalue weighted by Crippen LogP contribution is -2.70. The summed E-state index contributed by atoms with van der Waals surface area (Å²) in [5, 5.41) is 0. The number of rotatable bonds is 7. The molecule has 0 fully saturated rings. The third-order valence-corrected chi connectivity index (χ3v) is 2.73. The number of hydrogen-bond donors (Lipinski definition) is 0. The SMILES string of the molecule is [CH2]CC(F)(F)C(F)(F)C(F)(F)C(F)(F)C(F)(F)C(F)(F)C[CH2]. The van der Waals surface area contributed by atoms with Gasteiger partial charge in [-0.1, -0.05) is 0 Å². The predicted octanol–water partition coefficient (Wildman–Crippen LogP) is 5.25. The fourth-order valence-corrected chi connectivity index (χ4v) is 1.17. The maximum Gasteiger partial charge on any atom is 0.384 e. The second-order valence-corrected chi connectivity index (χ2v) is 4.21. The van der Waals surface area contributed by atoms with Crippen LogP contribution in [-0.2, 0) is 0 Å². The molecule has 0 saturated carbocycles. The summed E-state index contributed by atoms with van der Waals surface area (Å²) in [6, 6.07) is 0. The Morgan fingerprint density at radius 1 is 0.409 bits per heavy atom. The van der Waals surface area contributed by atoms with E-state index in [1.807, 2.05) is 0 Å². The van der Waals surface area contributed by atoms with Gasteiger partial charge in [-0.15, -0.1) is 0 Å². The van der Waals surface area contributed by atoms with Crippen molar-refractivity contribution in [2.24, 2.45) is 0 Å². The highest BCUT2D eigenvalue weighted by Crippen LogP contribution is 2.60. The molecule has 0 aliphatic carbocycles. The van der Waals surface area contributed by atoms with Crippen molar-refractivity contribution in [2.75, 3.05) is 0 Å². The molecule has 0 aliphatic heterocycles. The van der Waals surface area contributed by atoms with E-state index in [-0.39, 0.29) is 0 Å². The Morgan fingerprint density at radius 2 is 0.591 bits per heavy atom. The molecule has 0 nitrogen and oxygen atoms in total. The van der Waals surface area contributed by atoms with E-state index in [1.165, 1.54) is 0 Å². The van der Waals surface area contributed by atoms with Gasteiger partial charge in [0, 0.05) is 12.8 Å². The molecule has 0 bridgehead atoms. The Labute approximate surface area is 116 Å². The van der Waals surface area contributed by atoms with Crippen LogP contribution in [0, 0.1) is 13.8 Å². The first-order valence-electron chi connectivity index (χ1n) is 5.22. The standard InChI is InChI=1S/C10H8F12/c1-3-5(11,12)7(15,16)9(19,20)10(21,22)8(17,18)6(13,14)4-2/h1-4H2. The van der Waals surface area contributed by atoms with Gasteiger partial charge in [-0.3, -0.25) is 0 Å². The lowest BCUT2D eigenvalue weighted by Gasteiger charge is -2.41. The molecule has 2 radical (unpaired) electrons. The summed E-state index contributed by atoms with van der Waals surface area (Å²) in [6.45, 7) is 4.18. The third kappa shape index (κ3) is 2.51. The second kappa shape index (κ2) is 5.36. The average Bonchev–Trinajstić information content (AvgIpc) is 2.37. The molecular weight excluding hydrogens is 348 g/mol. The zero-order valence-corrected chi connectivity index (χ0v) is 10.4. The molecule has 12 heteroatoms. The van der Waals surface area contributed by atoms with Crippen molar-refractivity contribution < 1.29 is 52.7 Å². The maximum absolute atomic E-state index is 13.0. The first-order valence-corrected chi connectivity index (χ1v) is 5.22. The molecule has 0 spiro atoms. The molecule has 0 rings (SSSR count). The van der Waals surface area contributed by atoms with Crippen LogP contribution < -0.4 is 0 Å². The molecule has 0 N–H and O–H groups in total. The molecule has 0 heterocycles. The Kier molecular flexibility index (Phi) is 5.15. The van der Waals surface area contributed by atoms with Gasteiger partial charge < -0.3 is 0 Å². The molecule has 22 heavy (non-hydrogen) atoms. The van der Waals surface area contributed by atoms with E-state index in [0.717, 1.165) is 0 Å². The molecule has 132 valence electrons. The average molecular weight is 356 g/mol. The van der Waals surface area contributed by atoms with Crippen molar-refractivity contribution >= 4 is 0 Å². The quantitative estimate of drug-likeness (QED) is 0.547. The van der Waals surface area contributed by atoms with Gasteiger partial charge in [0.1, 0.15) is 0 Å². The smallest absolute Gasteiger partial charge is 0.200 e. The van der Waals surface area contributed by atoms with Crippen molar-refractivity contribution in [3.8, 4) is 0 Å².